The zero-order chi connectivity index (χ0) is 18.6. The van der Waals surface area contributed by atoms with Gasteiger partial charge in [-0.25, -0.2) is 0 Å². The first-order valence-corrected chi connectivity index (χ1v) is 10.4. The molecule has 4 rings (SSSR count). The lowest BCUT2D eigenvalue weighted by molar-refractivity contribution is 0.651. The van der Waals surface area contributed by atoms with Crippen molar-refractivity contribution in [3.05, 3.63) is 88.7 Å². The van der Waals surface area contributed by atoms with Crippen LogP contribution in [0.3, 0.4) is 0 Å². The van der Waals surface area contributed by atoms with E-state index < -0.39 is 0 Å². The third kappa shape index (κ3) is 4.02. The molecule has 0 amide bonds. The van der Waals surface area contributed by atoms with Crippen molar-refractivity contribution in [3.63, 3.8) is 0 Å². The normalized spacial score (nSPS) is 11.2. The molecule has 0 aliphatic rings. The Morgan fingerprint density at radius 1 is 0.926 bits per heavy atom. The zero-order valence-corrected chi connectivity index (χ0v) is 16.7. The number of aromatic nitrogens is 3. The molecule has 3 aromatic carbocycles. The number of hydrogen-bond acceptors (Lipinski definition) is 3. The third-order valence-electron chi connectivity index (χ3n) is 4.62. The lowest BCUT2D eigenvalue weighted by Gasteiger charge is -2.09. The van der Waals surface area contributed by atoms with Crippen LogP contribution < -0.4 is 0 Å². The molecule has 27 heavy (non-hydrogen) atoms. The van der Waals surface area contributed by atoms with Gasteiger partial charge < -0.3 is 4.57 Å². The van der Waals surface area contributed by atoms with Gasteiger partial charge in [0, 0.05) is 23.7 Å². The molecule has 1 aromatic heterocycles. The molecule has 0 aliphatic carbocycles. The summed E-state index contributed by atoms with van der Waals surface area (Å²) in [6.07, 6.45) is 0.757. The first-order chi connectivity index (χ1) is 13.2. The van der Waals surface area contributed by atoms with Crippen LogP contribution in [0.1, 0.15) is 23.9 Å². The summed E-state index contributed by atoms with van der Waals surface area (Å²) >= 11 is 7.72. The molecule has 1 heterocycles. The number of fused-ring (bicyclic) bond motifs is 1. The highest BCUT2D eigenvalue weighted by molar-refractivity contribution is 7.98. The van der Waals surface area contributed by atoms with E-state index >= 15 is 0 Å². The van der Waals surface area contributed by atoms with Crippen LogP contribution in [-0.4, -0.2) is 14.8 Å². The first-order valence-electron chi connectivity index (χ1n) is 9.00. The predicted molar refractivity (Wildman–Crippen MR) is 113 cm³/mol. The Kier molecular flexibility index (Phi) is 5.46. The molecule has 0 aliphatic heterocycles. The van der Waals surface area contributed by atoms with Crippen LogP contribution in [0, 0.1) is 0 Å². The van der Waals surface area contributed by atoms with E-state index in [9.17, 15) is 0 Å². The fourth-order valence-electron chi connectivity index (χ4n) is 3.22. The highest BCUT2D eigenvalue weighted by Gasteiger charge is 2.12. The second-order valence-electron chi connectivity index (χ2n) is 6.37. The molecule has 0 saturated carbocycles. The van der Waals surface area contributed by atoms with Crippen molar-refractivity contribution in [1.82, 2.24) is 14.8 Å². The summed E-state index contributed by atoms with van der Waals surface area (Å²) in [6, 6.07) is 22.9. The summed E-state index contributed by atoms with van der Waals surface area (Å²) in [5, 5.41) is 13.2. The predicted octanol–water partition coefficient (Wildman–Crippen LogP) is 5.99. The Morgan fingerprint density at radius 3 is 2.52 bits per heavy atom. The topological polar surface area (TPSA) is 30.7 Å². The van der Waals surface area contributed by atoms with Crippen LogP contribution in [0.15, 0.2) is 71.9 Å². The average Bonchev–Trinajstić information content (AvgIpc) is 3.09. The van der Waals surface area contributed by atoms with Crippen LogP contribution in [0.2, 0.25) is 5.02 Å². The summed E-state index contributed by atoms with van der Waals surface area (Å²) in [7, 11) is 0. The minimum absolute atomic E-state index is 0.752. The van der Waals surface area contributed by atoms with Crippen LogP contribution in [0.25, 0.3) is 10.8 Å². The van der Waals surface area contributed by atoms with Gasteiger partial charge in [0.05, 0.1) is 0 Å². The summed E-state index contributed by atoms with van der Waals surface area (Å²) in [5.74, 6) is 1.86. The van der Waals surface area contributed by atoms with E-state index in [2.05, 4.69) is 64.2 Å². The average molecular weight is 394 g/mol. The second kappa shape index (κ2) is 8.15. The van der Waals surface area contributed by atoms with E-state index in [1.807, 2.05) is 24.3 Å². The quantitative estimate of drug-likeness (QED) is 0.377. The van der Waals surface area contributed by atoms with Crippen LogP contribution in [0.4, 0.5) is 0 Å². The van der Waals surface area contributed by atoms with Gasteiger partial charge in [0.2, 0.25) is 0 Å². The van der Waals surface area contributed by atoms with Gasteiger partial charge in [-0.15, -0.1) is 10.2 Å². The van der Waals surface area contributed by atoms with Gasteiger partial charge in [-0.1, -0.05) is 78.0 Å². The molecular formula is C22H20ClN3S. The van der Waals surface area contributed by atoms with E-state index in [0.717, 1.165) is 34.7 Å². The smallest absolute Gasteiger partial charge is 0.191 e. The molecule has 0 radical (unpaired) electrons. The monoisotopic (exact) mass is 393 g/mol. The molecule has 4 aromatic rings. The van der Waals surface area contributed by atoms with Gasteiger partial charge in [0.25, 0.3) is 0 Å². The Hall–Kier alpha value is -2.30. The fourth-order valence-corrected chi connectivity index (χ4v) is 4.37. The molecule has 0 saturated heterocycles. The number of rotatable bonds is 6. The van der Waals surface area contributed by atoms with Gasteiger partial charge >= 0.3 is 0 Å². The molecule has 136 valence electrons. The van der Waals surface area contributed by atoms with Crippen LogP contribution in [0.5, 0.6) is 0 Å². The number of benzene rings is 3. The van der Waals surface area contributed by atoms with Gasteiger partial charge in [-0.05, 0) is 41.0 Å². The Balaban J connectivity index is 1.54. The van der Waals surface area contributed by atoms with Crippen molar-refractivity contribution >= 4 is 34.1 Å². The Bertz CT molecular complexity index is 1050. The molecule has 0 spiro atoms. The van der Waals surface area contributed by atoms with Crippen molar-refractivity contribution in [2.45, 2.75) is 30.8 Å². The molecule has 0 N–H and O–H groups in total. The lowest BCUT2D eigenvalue weighted by Crippen LogP contribution is -2.04. The van der Waals surface area contributed by atoms with E-state index in [1.54, 1.807) is 11.8 Å². The SMILES string of the molecule is CCn1c(Cc2ccc(Cl)cc2)nnc1SCc1cccc2ccccc12. The second-order valence-corrected chi connectivity index (χ2v) is 7.75. The molecule has 0 bridgehead atoms. The maximum atomic E-state index is 5.98. The van der Waals surface area contributed by atoms with Crippen molar-refractivity contribution in [3.8, 4) is 0 Å². The molecule has 3 nitrogen and oxygen atoms in total. The highest BCUT2D eigenvalue weighted by atomic mass is 35.5. The lowest BCUT2D eigenvalue weighted by atomic mass is 10.1. The molecule has 0 atom stereocenters. The summed E-state index contributed by atoms with van der Waals surface area (Å²) in [4.78, 5) is 0. The van der Waals surface area contributed by atoms with Crippen molar-refractivity contribution in [2.24, 2.45) is 0 Å². The zero-order valence-electron chi connectivity index (χ0n) is 15.1. The first kappa shape index (κ1) is 18.1. The van der Waals surface area contributed by atoms with Crippen molar-refractivity contribution in [1.29, 1.82) is 0 Å². The van der Waals surface area contributed by atoms with Crippen molar-refractivity contribution in [2.75, 3.05) is 0 Å². The molecule has 0 fully saturated rings. The fraction of sp³-hybridized carbons (Fsp3) is 0.182. The largest absolute Gasteiger partial charge is 0.306 e. The van der Waals surface area contributed by atoms with Gasteiger partial charge in [-0.2, -0.15) is 0 Å². The van der Waals surface area contributed by atoms with Crippen LogP contribution in [-0.2, 0) is 18.7 Å². The third-order valence-corrected chi connectivity index (χ3v) is 5.89. The standard InChI is InChI=1S/C22H20ClN3S/c1-2-26-21(14-16-10-12-19(23)13-11-16)24-25-22(26)27-15-18-8-5-7-17-6-3-4-9-20(17)18/h3-13H,2,14-15H2,1H3. The van der Waals surface area contributed by atoms with E-state index in [4.69, 9.17) is 11.6 Å². The van der Waals surface area contributed by atoms with E-state index in [0.29, 0.717) is 0 Å². The van der Waals surface area contributed by atoms with Gasteiger partial charge in [0.15, 0.2) is 5.16 Å². The number of halogens is 1. The van der Waals surface area contributed by atoms with Gasteiger partial charge in [0.1, 0.15) is 5.82 Å². The van der Waals surface area contributed by atoms with Crippen molar-refractivity contribution < 1.29 is 0 Å². The molecular weight excluding hydrogens is 374 g/mol. The maximum Gasteiger partial charge on any atom is 0.191 e. The number of hydrogen-bond donors (Lipinski definition) is 0. The number of thioether (sulfide) groups is 1. The Morgan fingerprint density at radius 2 is 1.70 bits per heavy atom. The molecule has 0 unspecified atom stereocenters. The van der Waals surface area contributed by atoms with E-state index in [-0.39, 0.29) is 0 Å². The van der Waals surface area contributed by atoms with Gasteiger partial charge in [-0.3, -0.25) is 0 Å². The highest BCUT2D eigenvalue weighted by Crippen LogP contribution is 2.27. The summed E-state index contributed by atoms with van der Waals surface area (Å²) in [6.45, 7) is 2.99. The number of nitrogens with zero attached hydrogens (tertiary/aromatic N) is 3. The molecule has 5 heteroatoms. The van der Waals surface area contributed by atoms with E-state index in [1.165, 1.54) is 21.9 Å². The summed E-state index contributed by atoms with van der Waals surface area (Å²) < 4.78 is 2.20. The van der Waals surface area contributed by atoms with Crippen LogP contribution >= 0.6 is 23.4 Å². The minimum Gasteiger partial charge on any atom is -0.306 e. The maximum absolute atomic E-state index is 5.98. The Labute approximate surface area is 168 Å². The minimum atomic E-state index is 0.752. The summed E-state index contributed by atoms with van der Waals surface area (Å²) in [5.41, 5.74) is 2.51.